The van der Waals surface area contributed by atoms with E-state index in [-0.39, 0.29) is 18.0 Å². The van der Waals surface area contributed by atoms with Gasteiger partial charge in [0.25, 0.3) is 0 Å². The van der Waals surface area contributed by atoms with E-state index >= 15 is 0 Å². The summed E-state index contributed by atoms with van der Waals surface area (Å²) in [7, 11) is 0. The second kappa shape index (κ2) is 8.12. The van der Waals surface area contributed by atoms with Crippen LogP contribution < -0.4 is 11.1 Å². The Morgan fingerprint density at radius 1 is 1.48 bits per heavy atom. The molecule has 3 N–H and O–H groups in total. The Balaban J connectivity index is 1.97. The lowest BCUT2D eigenvalue weighted by molar-refractivity contribution is -0.132. The van der Waals surface area contributed by atoms with Crippen LogP contribution >= 0.6 is 0 Å². The highest BCUT2D eigenvalue weighted by Gasteiger charge is 2.30. The molecule has 1 aliphatic rings. The third-order valence-corrected chi connectivity index (χ3v) is 3.75. The quantitative estimate of drug-likeness (QED) is 0.817. The summed E-state index contributed by atoms with van der Waals surface area (Å²) in [6.45, 7) is 5.24. The van der Waals surface area contributed by atoms with E-state index in [0.717, 1.165) is 18.5 Å². The molecule has 0 bridgehead atoms. The van der Waals surface area contributed by atoms with E-state index in [4.69, 9.17) is 10.5 Å². The lowest BCUT2D eigenvalue weighted by Crippen LogP contribution is -2.55. The van der Waals surface area contributed by atoms with Gasteiger partial charge in [0, 0.05) is 25.7 Å². The second-order valence-electron chi connectivity index (χ2n) is 5.39. The molecule has 2 atom stereocenters. The van der Waals surface area contributed by atoms with Crippen molar-refractivity contribution in [1.29, 1.82) is 0 Å². The smallest absolute Gasteiger partial charge is 0.239 e. The van der Waals surface area contributed by atoms with Crippen molar-refractivity contribution in [2.24, 2.45) is 5.73 Å². The van der Waals surface area contributed by atoms with Crippen LogP contribution in [0.2, 0.25) is 0 Å². The maximum atomic E-state index is 12.2. The van der Waals surface area contributed by atoms with Crippen LogP contribution in [0.1, 0.15) is 24.9 Å². The van der Waals surface area contributed by atoms with Crippen molar-refractivity contribution in [1.82, 2.24) is 10.2 Å². The SMILES string of the molecule is CCCNC(=O)C1COCCN1CC(N)c1ccccc1. The first kappa shape index (κ1) is 15.9. The van der Waals surface area contributed by atoms with E-state index in [1.807, 2.05) is 37.3 Å². The molecular formula is C16H25N3O2. The first-order valence-electron chi connectivity index (χ1n) is 7.62. The van der Waals surface area contributed by atoms with Gasteiger partial charge in [0.1, 0.15) is 6.04 Å². The molecule has 5 heteroatoms. The monoisotopic (exact) mass is 291 g/mol. The molecule has 1 aromatic carbocycles. The lowest BCUT2D eigenvalue weighted by atomic mass is 10.1. The van der Waals surface area contributed by atoms with Gasteiger partial charge in [-0.05, 0) is 12.0 Å². The van der Waals surface area contributed by atoms with Gasteiger partial charge in [-0.25, -0.2) is 0 Å². The maximum absolute atomic E-state index is 12.2. The number of nitrogens with one attached hydrogen (secondary N) is 1. The molecule has 1 saturated heterocycles. The van der Waals surface area contributed by atoms with Crippen LogP contribution in [0.4, 0.5) is 0 Å². The van der Waals surface area contributed by atoms with Gasteiger partial charge in [0.2, 0.25) is 5.91 Å². The molecule has 1 aliphatic heterocycles. The van der Waals surface area contributed by atoms with Gasteiger partial charge >= 0.3 is 0 Å². The van der Waals surface area contributed by atoms with Gasteiger partial charge in [0.15, 0.2) is 0 Å². The van der Waals surface area contributed by atoms with E-state index in [1.165, 1.54) is 0 Å². The Morgan fingerprint density at radius 3 is 2.95 bits per heavy atom. The lowest BCUT2D eigenvalue weighted by Gasteiger charge is -2.36. The van der Waals surface area contributed by atoms with Crippen LogP contribution in [-0.2, 0) is 9.53 Å². The predicted molar refractivity (Wildman–Crippen MR) is 82.9 cm³/mol. The topological polar surface area (TPSA) is 67.6 Å². The van der Waals surface area contributed by atoms with E-state index in [2.05, 4.69) is 10.2 Å². The molecule has 116 valence electrons. The van der Waals surface area contributed by atoms with Gasteiger partial charge in [-0.15, -0.1) is 0 Å². The van der Waals surface area contributed by atoms with Crippen molar-refractivity contribution in [2.75, 3.05) is 32.8 Å². The number of hydrogen-bond donors (Lipinski definition) is 2. The van der Waals surface area contributed by atoms with Gasteiger partial charge in [0.05, 0.1) is 13.2 Å². The van der Waals surface area contributed by atoms with Gasteiger partial charge < -0.3 is 15.8 Å². The molecule has 0 radical (unpaired) electrons. The molecule has 21 heavy (non-hydrogen) atoms. The Labute approximate surface area is 126 Å². The summed E-state index contributed by atoms with van der Waals surface area (Å²) in [4.78, 5) is 14.3. The highest BCUT2D eigenvalue weighted by molar-refractivity contribution is 5.82. The van der Waals surface area contributed by atoms with E-state index < -0.39 is 0 Å². The summed E-state index contributed by atoms with van der Waals surface area (Å²) in [6.07, 6.45) is 0.933. The number of morpholine rings is 1. The zero-order chi connectivity index (χ0) is 15.1. The maximum Gasteiger partial charge on any atom is 0.239 e. The molecule has 0 aromatic heterocycles. The second-order valence-corrected chi connectivity index (χ2v) is 5.39. The summed E-state index contributed by atoms with van der Waals surface area (Å²) in [5.41, 5.74) is 7.37. The number of carbonyl (C=O) groups excluding carboxylic acids is 1. The van der Waals surface area contributed by atoms with Crippen molar-refractivity contribution in [3.63, 3.8) is 0 Å². The Morgan fingerprint density at radius 2 is 2.24 bits per heavy atom. The number of hydrogen-bond acceptors (Lipinski definition) is 4. The van der Waals surface area contributed by atoms with E-state index in [1.54, 1.807) is 0 Å². The summed E-state index contributed by atoms with van der Waals surface area (Å²) < 4.78 is 5.46. The third kappa shape index (κ3) is 4.52. The first-order valence-corrected chi connectivity index (χ1v) is 7.62. The van der Waals surface area contributed by atoms with Crippen LogP contribution in [0.25, 0.3) is 0 Å². The van der Waals surface area contributed by atoms with Crippen molar-refractivity contribution < 1.29 is 9.53 Å². The standard InChI is InChI=1S/C16H25N3O2/c1-2-8-18-16(20)15-12-21-10-9-19(15)11-14(17)13-6-4-3-5-7-13/h3-7,14-15H,2,8-12,17H2,1H3,(H,18,20). The van der Waals surface area contributed by atoms with Crippen molar-refractivity contribution in [3.05, 3.63) is 35.9 Å². The molecule has 1 heterocycles. The fourth-order valence-corrected chi connectivity index (χ4v) is 2.52. The number of amides is 1. The summed E-state index contributed by atoms with van der Waals surface area (Å²) >= 11 is 0. The molecule has 1 fully saturated rings. The molecular weight excluding hydrogens is 266 g/mol. The molecule has 1 amide bonds. The van der Waals surface area contributed by atoms with Crippen molar-refractivity contribution in [3.8, 4) is 0 Å². The molecule has 0 aliphatic carbocycles. The highest BCUT2D eigenvalue weighted by atomic mass is 16.5. The van der Waals surface area contributed by atoms with Crippen molar-refractivity contribution in [2.45, 2.75) is 25.4 Å². The highest BCUT2D eigenvalue weighted by Crippen LogP contribution is 2.15. The number of benzene rings is 1. The van der Waals surface area contributed by atoms with Gasteiger partial charge in [-0.2, -0.15) is 0 Å². The zero-order valence-electron chi connectivity index (χ0n) is 12.6. The van der Waals surface area contributed by atoms with E-state index in [0.29, 0.717) is 26.3 Å². The number of ether oxygens (including phenoxy) is 1. The Hall–Kier alpha value is -1.43. The average molecular weight is 291 g/mol. The number of rotatable bonds is 6. The van der Waals surface area contributed by atoms with Crippen LogP contribution in [0.3, 0.4) is 0 Å². The Kier molecular flexibility index (Phi) is 6.17. The summed E-state index contributed by atoms with van der Waals surface area (Å²) in [5.74, 6) is 0.0387. The number of carbonyl (C=O) groups is 1. The van der Waals surface area contributed by atoms with Crippen molar-refractivity contribution >= 4 is 5.91 Å². The fraction of sp³-hybridized carbons (Fsp3) is 0.562. The van der Waals surface area contributed by atoms with E-state index in [9.17, 15) is 4.79 Å². The van der Waals surface area contributed by atoms with Crippen LogP contribution in [0, 0.1) is 0 Å². The minimum atomic E-state index is -0.236. The zero-order valence-corrected chi connectivity index (χ0v) is 12.6. The molecule has 2 unspecified atom stereocenters. The predicted octanol–water partition coefficient (Wildman–Crippen LogP) is 0.913. The third-order valence-electron chi connectivity index (χ3n) is 3.75. The number of nitrogens with zero attached hydrogens (tertiary/aromatic N) is 1. The fourth-order valence-electron chi connectivity index (χ4n) is 2.52. The van der Waals surface area contributed by atoms with Gasteiger partial charge in [-0.3, -0.25) is 9.69 Å². The minimum absolute atomic E-state index is 0.0387. The Bertz CT molecular complexity index is 438. The van der Waals surface area contributed by atoms with Crippen LogP contribution in [0.5, 0.6) is 0 Å². The minimum Gasteiger partial charge on any atom is -0.378 e. The largest absolute Gasteiger partial charge is 0.378 e. The molecule has 0 saturated carbocycles. The summed E-state index contributed by atoms with van der Waals surface area (Å²) in [5, 5.41) is 2.94. The molecule has 5 nitrogen and oxygen atoms in total. The molecule has 1 aromatic rings. The normalized spacial score (nSPS) is 21.0. The average Bonchev–Trinajstić information content (AvgIpc) is 2.54. The van der Waals surface area contributed by atoms with Gasteiger partial charge in [-0.1, -0.05) is 37.3 Å². The first-order chi connectivity index (χ1) is 10.2. The summed E-state index contributed by atoms with van der Waals surface area (Å²) in [6, 6.07) is 9.67. The number of nitrogens with two attached hydrogens (primary N) is 1. The molecule has 2 rings (SSSR count). The van der Waals surface area contributed by atoms with Crippen LogP contribution in [0.15, 0.2) is 30.3 Å². The van der Waals surface area contributed by atoms with Crippen LogP contribution in [-0.4, -0.2) is 49.7 Å². The molecule has 0 spiro atoms.